The molecule has 0 radical (unpaired) electrons. The Hall–Kier alpha value is -1.76. The monoisotopic (exact) mass is 262 g/mol. The van der Waals surface area contributed by atoms with Gasteiger partial charge in [0.05, 0.1) is 5.69 Å². The van der Waals surface area contributed by atoms with Crippen molar-refractivity contribution in [3.63, 3.8) is 0 Å². The van der Waals surface area contributed by atoms with Gasteiger partial charge in [-0.2, -0.15) is 13.2 Å². The van der Waals surface area contributed by atoms with E-state index in [1.807, 2.05) is 0 Å². The van der Waals surface area contributed by atoms with E-state index in [0.717, 1.165) is 0 Å². The maximum atomic E-state index is 12.0. The number of nitrogens with one attached hydrogen (secondary N) is 1. The van der Waals surface area contributed by atoms with E-state index < -0.39 is 12.8 Å². The molecule has 0 fully saturated rings. The molecular formula is C11H13F3N2O2. The number of amides is 1. The van der Waals surface area contributed by atoms with Crippen LogP contribution in [0.1, 0.15) is 6.42 Å². The van der Waals surface area contributed by atoms with Crippen LogP contribution >= 0.6 is 0 Å². The molecule has 0 unspecified atom stereocenters. The quantitative estimate of drug-likeness (QED) is 0.852. The molecule has 0 saturated heterocycles. The summed E-state index contributed by atoms with van der Waals surface area (Å²) in [7, 11) is 0. The smallest absolute Gasteiger partial charge is 0.422 e. The lowest BCUT2D eigenvalue weighted by molar-refractivity contribution is -0.153. The van der Waals surface area contributed by atoms with E-state index in [1.54, 1.807) is 6.07 Å². The fourth-order valence-electron chi connectivity index (χ4n) is 1.20. The maximum absolute atomic E-state index is 12.0. The van der Waals surface area contributed by atoms with Crippen molar-refractivity contribution in [2.45, 2.75) is 12.6 Å². The summed E-state index contributed by atoms with van der Waals surface area (Å²) in [5.41, 5.74) is 5.39. The van der Waals surface area contributed by atoms with Gasteiger partial charge in [-0.25, -0.2) is 0 Å². The minimum Gasteiger partial charge on any atom is -0.482 e. The van der Waals surface area contributed by atoms with E-state index >= 15 is 0 Å². The zero-order valence-corrected chi connectivity index (χ0v) is 9.46. The minimum absolute atomic E-state index is 0.0276. The van der Waals surface area contributed by atoms with Gasteiger partial charge in [0.15, 0.2) is 6.61 Å². The second kappa shape index (κ2) is 6.25. The van der Waals surface area contributed by atoms with Gasteiger partial charge in [-0.3, -0.25) is 4.79 Å². The highest BCUT2D eigenvalue weighted by Gasteiger charge is 2.28. The Labute approximate surface area is 102 Å². The number of anilines is 1. The summed E-state index contributed by atoms with van der Waals surface area (Å²) in [6.07, 6.45) is -4.33. The van der Waals surface area contributed by atoms with Gasteiger partial charge in [0.2, 0.25) is 5.91 Å². The van der Waals surface area contributed by atoms with Gasteiger partial charge >= 0.3 is 6.18 Å². The number of ether oxygens (including phenoxy) is 1. The van der Waals surface area contributed by atoms with Crippen molar-refractivity contribution in [2.75, 3.05) is 18.5 Å². The zero-order valence-electron chi connectivity index (χ0n) is 9.46. The lowest BCUT2D eigenvalue weighted by atomic mass is 10.3. The second-order valence-corrected chi connectivity index (χ2v) is 3.49. The van der Waals surface area contributed by atoms with E-state index in [1.165, 1.54) is 18.2 Å². The van der Waals surface area contributed by atoms with Crippen LogP contribution in [0.15, 0.2) is 24.3 Å². The molecule has 0 saturated carbocycles. The van der Waals surface area contributed by atoms with E-state index in [4.69, 9.17) is 5.73 Å². The van der Waals surface area contributed by atoms with Crippen LogP contribution in [0, 0.1) is 0 Å². The third-order valence-electron chi connectivity index (χ3n) is 1.92. The number of alkyl halides is 3. The fraction of sp³-hybridized carbons (Fsp3) is 0.364. The molecule has 1 rings (SSSR count). The predicted molar refractivity (Wildman–Crippen MR) is 60.3 cm³/mol. The van der Waals surface area contributed by atoms with Gasteiger partial charge < -0.3 is 15.8 Å². The molecule has 1 aromatic carbocycles. The molecule has 7 heteroatoms. The number of benzene rings is 1. The Morgan fingerprint density at radius 3 is 2.61 bits per heavy atom. The molecule has 0 spiro atoms. The van der Waals surface area contributed by atoms with E-state index in [0.29, 0.717) is 0 Å². The number of halogens is 3. The molecule has 0 aromatic heterocycles. The molecule has 0 heterocycles. The van der Waals surface area contributed by atoms with Gasteiger partial charge in [-0.15, -0.1) is 0 Å². The van der Waals surface area contributed by atoms with Crippen LogP contribution in [0.4, 0.5) is 18.9 Å². The zero-order chi connectivity index (χ0) is 13.6. The van der Waals surface area contributed by atoms with Crippen molar-refractivity contribution in [1.82, 2.24) is 0 Å². The van der Waals surface area contributed by atoms with Gasteiger partial charge in [0.25, 0.3) is 0 Å². The molecule has 0 atom stereocenters. The van der Waals surface area contributed by atoms with Crippen molar-refractivity contribution < 1.29 is 22.7 Å². The highest BCUT2D eigenvalue weighted by Crippen LogP contribution is 2.26. The van der Waals surface area contributed by atoms with Gasteiger partial charge in [-0.1, -0.05) is 12.1 Å². The first-order valence-electron chi connectivity index (χ1n) is 5.21. The summed E-state index contributed by atoms with van der Waals surface area (Å²) in [6.45, 7) is -1.24. The van der Waals surface area contributed by atoms with Gasteiger partial charge in [-0.05, 0) is 12.1 Å². The van der Waals surface area contributed by atoms with Gasteiger partial charge in [0, 0.05) is 13.0 Å². The molecule has 1 aromatic rings. The average Bonchev–Trinajstić information content (AvgIpc) is 2.27. The molecular weight excluding hydrogens is 249 g/mol. The first-order chi connectivity index (χ1) is 8.42. The first-order valence-corrected chi connectivity index (χ1v) is 5.21. The Balaban J connectivity index is 2.70. The van der Waals surface area contributed by atoms with E-state index in [9.17, 15) is 18.0 Å². The van der Waals surface area contributed by atoms with Crippen molar-refractivity contribution >= 4 is 11.6 Å². The minimum atomic E-state index is -4.42. The highest BCUT2D eigenvalue weighted by molar-refractivity contribution is 5.92. The lowest BCUT2D eigenvalue weighted by Crippen LogP contribution is -2.21. The topological polar surface area (TPSA) is 64.4 Å². The molecule has 0 aliphatic carbocycles. The van der Waals surface area contributed by atoms with Crippen molar-refractivity contribution in [1.29, 1.82) is 0 Å². The van der Waals surface area contributed by atoms with Crippen LogP contribution in [0.5, 0.6) is 5.75 Å². The SMILES string of the molecule is NCCC(=O)Nc1ccccc1OCC(F)(F)F. The maximum Gasteiger partial charge on any atom is 0.422 e. The molecule has 0 aliphatic heterocycles. The lowest BCUT2D eigenvalue weighted by Gasteiger charge is -2.13. The summed E-state index contributed by atoms with van der Waals surface area (Å²) >= 11 is 0. The van der Waals surface area contributed by atoms with Crippen LogP contribution in [0.25, 0.3) is 0 Å². The average molecular weight is 262 g/mol. The summed E-state index contributed by atoms with van der Waals surface area (Å²) in [5, 5.41) is 2.44. The second-order valence-electron chi connectivity index (χ2n) is 3.49. The highest BCUT2D eigenvalue weighted by atomic mass is 19.4. The van der Waals surface area contributed by atoms with Crippen LogP contribution in [-0.2, 0) is 4.79 Å². The Morgan fingerprint density at radius 1 is 1.33 bits per heavy atom. The summed E-state index contributed by atoms with van der Waals surface area (Å²) in [5.74, 6) is -0.402. The largest absolute Gasteiger partial charge is 0.482 e. The molecule has 100 valence electrons. The van der Waals surface area contributed by atoms with Crippen molar-refractivity contribution in [2.24, 2.45) is 5.73 Å². The van der Waals surface area contributed by atoms with E-state index in [2.05, 4.69) is 10.1 Å². The number of rotatable bonds is 5. The molecule has 3 N–H and O–H groups in total. The third-order valence-corrected chi connectivity index (χ3v) is 1.92. The first kappa shape index (κ1) is 14.3. The summed E-state index contributed by atoms with van der Waals surface area (Å²) in [4.78, 5) is 11.3. The number of hydrogen-bond donors (Lipinski definition) is 2. The summed E-state index contributed by atoms with van der Waals surface area (Å²) < 4.78 is 40.7. The normalized spacial score (nSPS) is 11.1. The number of carbonyl (C=O) groups excluding carboxylic acids is 1. The van der Waals surface area contributed by atoms with Gasteiger partial charge in [0.1, 0.15) is 5.75 Å². The standard InChI is InChI=1S/C11H13F3N2O2/c12-11(13,14)7-18-9-4-2-1-3-8(9)16-10(17)5-6-15/h1-4H,5-7,15H2,(H,16,17). The molecule has 18 heavy (non-hydrogen) atoms. The number of para-hydroxylation sites is 2. The van der Waals surface area contributed by atoms with Crippen LogP contribution in [0.2, 0.25) is 0 Å². The van der Waals surface area contributed by atoms with Crippen molar-refractivity contribution in [3.05, 3.63) is 24.3 Å². The van der Waals surface area contributed by atoms with Crippen molar-refractivity contribution in [3.8, 4) is 5.75 Å². The molecule has 4 nitrogen and oxygen atoms in total. The Morgan fingerprint density at radius 2 is 2.00 bits per heavy atom. The Bertz CT molecular complexity index is 408. The number of hydrogen-bond acceptors (Lipinski definition) is 3. The molecule has 0 bridgehead atoms. The van der Waals surface area contributed by atoms with Crippen LogP contribution in [0.3, 0.4) is 0 Å². The van der Waals surface area contributed by atoms with Crippen LogP contribution in [-0.4, -0.2) is 25.2 Å². The Kier molecular flexibility index (Phi) is 4.96. The predicted octanol–water partition coefficient (Wildman–Crippen LogP) is 1.91. The third kappa shape index (κ3) is 5.05. The summed E-state index contributed by atoms with van der Waals surface area (Å²) in [6, 6.07) is 5.91. The number of nitrogens with two attached hydrogens (primary N) is 1. The van der Waals surface area contributed by atoms with E-state index in [-0.39, 0.29) is 30.3 Å². The fourth-order valence-corrected chi connectivity index (χ4v) is 1.20. The molecule has 1 amide bonds. The van der Waals surface area contributed by atoms with Crippen LogP contribution < -0.4 is 15.8 Å². The number of carbonyl (C=O) groups is 1. The molecule has 0 aliphatic rings.